The number of fused-ring (bicyclic) bond motifs is 6. The van der Waals surface area contributed by atoms with E-state index in [4.69, 9.17) is 4.42 Å². The normalized spacial score (nSPS) is 13.7. The number of furan rings is 1. The Morgan fingerprint density at radius 1 is 0.511 bits per heavy atom. The number of anilines is 2. The highest BCUT2D eigenvalue weighted by Crippen LogP contribution is 2.37. The van der Waals surface area contributed by atoms with Gasteiger partial charge in [0.2, 0.25) is 0 Å². The standard InChI is InChI=1S/C42H32N2O/c1-4-10-39-35(7-1)36-8-2-5-11-40(36)44(39)34-24-17-29(18-25-34)28-13-20-32(21-14-28)43-33-22-15-30(16-23-33)31-19-26-42-38(27-31)37-9-3-6-12-41(37)45-42/h3-6,9-27,43H,1-2,7-8H2. The Labute approximate surface area is 262 Å². The maximum absolute atomic E-state index is 6.01. The summed E-state index contributed by atoms with van der Waals surface area (Å²) in [6, 6.07) is 41.0. The molecule has 2 heterocycles. The van der Waals surface area contributed by atoms with Crippen molar-refractivity contribution in [1.29, 1.82) is 0 Å². The lowest BCUT2D eigenvalue weighted by atomic mass is 9.94. The Balaban J connectivity index is 0.924. The first-order valence-electron chi connectivity index (χ1n) is 15.9. The molecule has 0 fully saturated rings. The molecule has 0 atom stereocenters. The summed E-state index contributed by atoms with van der Waals surface area (Å²) in [5.74, 6) is 0. The maximum Gasteiger partial charge on any atom is 0.135 e. The number of allylic oxidation sites excluding steroid dienone is 2. The van der Waals surface area contributed by atoms with Gasteiger partial charge in [0.1, 0.15) is 11.2 Å². The van der Waals surface area contributed by atoms with Gasteiger partial charge in [0.05, 0.1) is 0 Å². The Morgan fingerprint density at radius 3 is 1.69 bits per heavy atom. The van der Waals surface area contributed by atoms with E-state index < -0.39 is 0 Å². The van der Waals surface area contributed by atoms with Crippen molar-refractivity contribution in [3.05, 3.63) is 150 Å². The topological polar surface area (TPSA) is 30.1 Å². The summed E-state index contributed by atoms with van der Waals surface area (Å²) < 4.78 is 8.46. The van der Waals surface area contributed by atoms with Crippen molar-refractivity contribution in [3.8, 4) is 27.9 Å². The Morgan fingerprint density at radius 2 is 1.04 bits per heavy atom. The summed E-state index contributed by atoms with van der Waals surface area (Å²) in [5.41, 5.74) is 15.8. The van der Waals surface area contributed by atoms with Crippen LogP contribution in [-0.4, -0.2) is 4.57 Å². The van der Waals surface area contributed by atoms with Crippen molar-refractivity contribution in [3.63, 3.8) is 0 Å². The molecule has 0 saturated carbocycles. The number of benzene rings is 5. The molecule has 0 saturated heterocycles. The molecule has 0 aliphatic heterocycles. The zero-order valence-corrected chi connectivity index (χ0v) is 25.0. The average Bonchev–Trinajstić information content (AvgIpc) is 3.65. The van der Waals surface area contributed by atoms with E-state index >= 15 is 0 Å². The van der Waals surface area contributed by atoms with Gasteiger partial charge in [-0.3, -0.25) is 0 Å². The van der Waals surface area contributed by atoms with Crippen LogP contribution in [0.25, 0.3) is 62.0 Å². The summed E-state index contributed by atoms with van der Waals surface area (Å²) in [7, 11) is 0. The average molecular weight is 581 g/mol. The minimum absolute atomic E-state index is 0.922. The molecule has 0 amide bonds. The smallest absolute Gasteiger partial charge is 0.135 e. The number of nitrogens with zero attached hydrogens (tertiary/aromatic N) is 1. The van der Waals surface area contributed by atoms with E-state index in [1.54, 1.807) is 11.1 Å². The number of nitrogens with one attached hydrogen (secondary N) is 1. The predicted octanol–water partition coefficient (Wildman–Crippen LogP) is 11.4. The van der Waals surface area contributed by atoms with Crippen LogP contribution in [-0.2, 0) is 12.8 Å². The maximum atomic E-state index is 6.01. The Hall–Kier alpha value is -5.54. The van der Waals surface area contributed by atoms with Gasteiger partial charge in [0.15, 0.2) is 0 Å². The lowest BCUT2D eigenvalue weighted by molar-refractivity contribution is 0.669. The molecule has 0 radical (unpaired) electrons. The lowest BCUT2D eigenvalue weighted by Gasteiger charge is -2.14. The fourth-order valence-corrected chi connectivity index (χ4v) is 7.11. The molecule has 5 aromatic carbocycles. The molecule has 1 N–H and O–H groups in total. The van der Waals surface area contributed by atoms with Crippen LogP contribution >= 0.6 is 0 Å². The second-order valence-electron chi connectivity index (χ2n) is 12.1. The molecule has 0 unspecified atom stereocenters. The van der Waals surface area contributed by atoms with Crippen LogP contribution in [0, 0.1) is 0 Å². The third-order valence-corrected chi connectivity index (χ3v) is 9.37. The van der Waals surface area contributed by atoms with Crippen LogP contribution in [0.3, 0.4) is 0 Å². The highest BCUT2D eigenvalue weighted by molar-refractivity contribution is 6.06. The Kier molecular flexibility index (Phi) is 6.09. The van der Waals surface area contributed by atoms with Gasteiger partial charge in [-0.25, -0.2) is 0 Å². The Bertz CT molecular complexity index is 2220. The highest BCUT2D eigenvalue weighted by atomic mass is 16.3. The number of aromatic nitrogens is 1. The first-order valence-corrected chi connectivity index (χ1v) is 15.9. The third kappa shape index (κ3) is 4.51. The van der Waals surface area contributed by atoms with Gasteiger partial charge in [-0.05, 0) is 126 Å². The zero-order chi connectivity index (χ0) is 29.7. The van der Waals surface area contributed by atoms with Gasteiger partial charge in [0, 0.05) is 39.2 Å². The van der Waals surface area contributed by atoms with Gasteiger partial charge >= 0.3 is 0 Å². The summed E-state index contributed by atoms with van der Waals surface area (Å²) in [4.78, 5) is 0. The second-order valence-corrected chi connectivity index (χ2v) is 12.1. The molecule has 216 valence electrons. The largest absolute Gasteiger partial charge is 0.456 e. The van der Waals surface area contributed by atoms with Crippen molar-refractivity contribution in [2.75, 3.05) is 5.32 Å². The molecular formula is C42H32N2O. The van der Waals surface area contributed by atoms with Crippen LogP contribution in [0.4, 0.5) is 11.4 Å². The number of hydrogen-bond acceptors (Lipinski definition) is 2. The SMILES string of the molecule is C1=Cc2c(c3c(n2-c2ccc(-c4ccc(Nc5ccc(-c6ccc7oc8ccccc8c7c6)cc5)cc4)cc2)C=CCC3)CC1. The van der Waals surface area contributed by atoms with Crippen LogP contribution in [0.15, 0.2) is 132 Å². The summed E-state index contributed by atoms with van der Waals surface area (Å²) in [6.07, 6.45) is 13.9. The summed E-state index contributed by atoms with van der Waals surface area (Å²) >= 11 is 0. The van der Waals surface area contributed by atoms with E-state index in [0.717, 1.165) is 59.0 Å². The van der Waals surface area contributed by atoms with E-state index in [2.05, 4.69) is 137 Å². The number of rotatable bonds is 5. The van der Waals surface area contributed by atoms with Gasteiger partial charge in [0.25, 0.3) is 0 Å². The van der Waals surface area contributed by atoms with Crippen LogP contribution in [0.5, 0.6) is 0 Å². The molecule has 0 bridgehead atoms. The molecule has 7 aromatic rings. The molecule has 2 aliphatic carbocycles. The summed E-state index contributed by atoms with van der Waals surface area (Å²) in [6.45, 7) is 0. The van der Waals surface area contributed by atoms with Crippen molar-refractivity contribution in [2.45, 2.75) is 25.7 Å². The molecule has 3 heteroatoms. The predicted molar refractivity (Wildman–Crippen MR) is 188 cm³/mol. The quantitative estimate of drug-likeness (QED) is 0.219. The van der Waals surface area contributed by atoms with Gasteiger partial charge in [-0.15, -0.1) is 0 Å². The van der Waals surface area contributed by atoms with Crippen LogP contribution in [0.2, 0.25) is 0 Å². The number of para-hydroxylation sites is 1. The first kappa shape index (κ1) is 25.9. The molecule has 3 nitrogen and oxygen atoms in total. The lowest BCUT2D eigenvalue weighted by Crippen LogP contribution is -2.02. The van der Waals surface area contributed by atoms with E-state index in [1.165, 1.54) is 39.3 Å². The fraction of sp³-hybridized carbons (Fsp3) is 0.0952. The minimum atomic E-state index is 0.922. The fourth-order valence-electron chi connectivity index (χ4n) is 7.11. The van der Waals surface area contributed by atoms with Crippen molar-refractivity contribution in [2.24, 2.45) is 0 Å². The minimum Gasteiger partial charge on any atom is -0.456 e. The van der Waals surface area contributed by atoms with Gasteiger partial charge in [-0.2, -0.15) is 0 Å². The molecular weight excluding hydrogens is 548 g/mol. The van der Waals surface area contributed by atoms with Crippen LogP contribution in [0.1, 0.15) is 35.4 Å². The zero-order valence-electron chi connectivity index (χ0n) is 25.0. The highest BCUT2D eigenvalue weighted by Gasteiger charge is 2.23. The van der Waals surface area contributed by atoms with Gasteiger partial charge in [-0.1, -0.05) is 72.8 Å². The van der Waals surface area contributed by atoms with E-state index in [1.807, 2.05) is 12.1 Å². The van der Waals surface area contributed by atoms with Crippen LogP contribution < -0.4 is 5.32 Å². The molecule has 2 aromatic heterocycles. The van der Waals surface area contributed by atoms with E-state index in [0.29, 0.717) is 0 Å². The first-order chi connectivity index (χ1) is 22.3. The van der Waals surface area contributed by atoms with Crippen molar-refractivity contribution < 1.29 is 4.42 Å². The molecule has 45 heavy (non-hydrogen) atoms. The molecule has 9 rings (SSSR count). The second kappa shape index (κ2) is 10.6. The van der Waals surface area contributed by atoms with Crippen molar-refractivity contribution >= 4 is 45.5 Å². The third-order valence-electron chi connectivity index (χ3n) is 9.37. The van der Waals surface area contributed by atoms with E-state index in [9.17, 15) is 0 Å². The van der Waals surface area contributed by atoms with E-state index in [-0.39, 0.29) is 0 Å². The number of hydrogen-bond donors (Lipinski definition) is 1. The summed E-state index contributed by atoms with van der Waals surface area (Å²) in [5, 5.41) is 5.87. The van der Waals surface area contributed by atoms with Crippen molar-refractivity contribution in [1.82, 2.24) is 4.57 Å². The monoisotopic (exact) mass is 580 g/mol. The molecule has 2 aliphatic rings. The molecule has 0 spiro atoms. The van der Waals surface area contributed by atoms with Gasteiger partial charge < -0.3 is 14.3 Å².